The SMILES string of the molecule is CC(=O)Nc1ccc(NC(=O)CN2CC[C@@H]3[C@H](C2)[C@@H](c2ccccc2)CN3C(C)=O)cc1. The van der Waals surface area contributed by atoms with E-state index in [0.29, 0.717) is 23.8 Å². The number of carbonyl (C=O) groups is 3. The van der Waals surface area contributed by atoms with Crippen LogP contribution in [0.5, 0.6) is 0 Å². The van der Waals surface area contributed by atoms with E-state index in [2.05, 4.69) is 27.7 Å². The van der Waals surface area contributed by atoms with Gasteiger partial charge in [0, 0.05) is 62.7 Å². The number of rotatable bonds is 5. The Kier molecular flexibility index (Phi) is 6.55. The molecule has 2 N–H and O–H groups in total. The number of carbonyl (C=O) groups excluding carboxylic acids is 3. The van der Waals surface area contributed by atoms with Crippen molar-refractivity contribution in [2.24, 2.45) is 5.92 Å². The van der Waals surface area contributed by atoms with E-state index < -0.39 is 0 Å². The molecule has 2 heterocycles. The fourth-order valence-electron chi connectivity index (χ4n) is 5.11. The molecular formula is C25H30N4O3. The molecule has 2 aromatic carbocycles. The third-order valence-electron chi connectivity index (χ3n) is 6.50. The van der Waals surface area contributed by atoms with Crippen molar-refractivity contribution in [3.63, 3.8) is 0 Å². The third-order valence-corrected chi connectivity index (χ3v) is 6.50. The van der Waals surface area contributed by atoms with E-state index in [0.717, 1.165) is 26.1 Å². The summed E-state index contributed by atoms with van der Waals surface area (Å²) in [7, 11) is 0. The van der Waals surface area contributed by atoms with Crippen LogP contribution in [0.2, 0.25) is 0 Å². The Morgan fingerprint density at radius 1 is 0.906 bits per heavy atom. The van der Waals surface area contributed by atoms with Crippen molar-refractivity contribution in [2.75, 3.05) is 36.8 Å². The van der Waals surface area contributed by atoms with Gasteiger partial charge in [-0.2, -0.15) is 0 Å². The zero-order valence-electron chi connectivity index (χ0n) is 18.6. The molecule has 0 unspecified atom stereocenters. The Labute approximate surface area is 188 Å². The van der Waals surface area contributed by atoms with Gasteiger partial charge in [0.15, 0.2) is 0 Å². The molecule has 2 fully saturated rings. The molecule has 7 nitrogen and oxygen atoms in total. The summed E-state index contributed by atoms with van der Waals surface area (Å²) in [6.07, 6.45) is 0.881. The van der Waals surface area contributed by atoms with Gasteiger partial charge in [-0.3, -0.25) is 19.3 Å². The van der Waals surface area contributed by atoms with Crippen molar-refractivity contribution in [3.05, 3.63) is 60.2 Å². The standard InChI is InChI=1S/C25H30N4O3/c1-17(30)26-20-8-10-21(11-9-20)27-25(32)16-28-13-12-24-23(14-28)22(15-29(24)18(2)31)19-6-4-3-5-7-19/h3-11,22-24H,12-16H2,1-2H3,(H,26,30)(H,27,32)/t22-,23-,24-/m1/s1. The van der Waals surface area contributed by atoms with E-state index in [1.807, 2.05) is 23.1 Å². The molecule has 2 aromatic rings. The maximum atomic E-state index is 12.7. The first kappa shape index (κ1) is 22.0. The Hall–Kier alpha value is -3.19. The number of anilines is 2. The van der Waals surface area contributed by atoms with Gasteiger partial charge in [-0.1, -0.05) is 30.3 Å². The van der Waals surface area contributed by atoms with Gasteiger partial charge in [-0.15, -0.1) is 0 Å². The van der Waals surface area contributed by atoms with Gasteiger partial charge in [0.05, 0.1) is 6.54 Å². The van der Waals surface area contributed by atoms with E-state index in [-0.39, 0.29) is 29.7 Å². The van der Waals surface area contributed by atoms with Crippen molar-refractivity contribution in [1.82, 2.24) is 9.80 Å². The lowest BCUT2D eigenvalue weighted by atomic mass is 9.82. The lowest BCUT2D eigenvalue weighted by Crippen LogP contribution is -2.49. The number of nitrogens with one attached hydrogen (secondary N) is 2. The molecule has 32 heavy (non-hydrogen) atoms. The first-order valence-corrected chi connectivity index (χ1v) is 11.1. The van der Waals surface area contributed by atoms with Crippen LogP contribution >= 0.6 is 0 Å². The van der Waals surface area contributed by atoms with Crippen LogP contribution in [-0.4, -0.2) is 59.7 Å². The molecule has 2 aliphatic heterocycles. The van der Waals surface area contributed by atoms with E-state index in [1.165, 1.54) is 12.5 Å². The summed E-state index contributed by atoms with van der Waals surface area (Å²) < 4.78 is 0. The minimum atomic E-state index is -0.130. The van der Waals surface area contributed by atoms with Crippen LogP contribution in [0.3, 0.4) is 0 Å². The van der Waals surface area contributed by atoms with Gasteiger partial charge in [0.1, 0.15) is 0 Å². The Morgan fingerprint density at radius 2 is 1.56 bits per heavy atom. The van der Waals surface area contributed by atoms with Gasteiger partial charge < -0.3 is 15.5 Å². The summed E-state index contributed by atoms with van der Waals surface area (Å²) in [4.78, 5) is 40.3. The molecular weight excluding hydrogens is 404 g/mol. The summed E-state index contributed by atoms with van der Waals surface area (Å²) in [5.74, 6) is 0.548. The highest BCUT2D eigenvalue weighted by Crippen LogP contribution is 2.41. The summed E-state index contributed by atoms with van der Waals surface area (Å²) >= 11 is 0. The van der Waals surface area contributed by atoms with Crippen LogP contribution < -0.4 is 10.6 Å². The van der Waals surface area contributed by atoms with Crippen molar-refractivity contribution < 1.29 is 14.4 Å². The third kappa shape index (κ3) is 4.99. The molecule has 0 aliphatic carbocycles. The van der Waals surface area contributed by atoms with E-state index in [1.54, 1.807) is 31.2 Å². The maximum Gasteiger partial charge on any atom is 0.238 e. The van der Waals surface area contributed by atoms with Crippen LogP contribution in [0.15, 0.2) is 54.6 Å². The topological polar surface area (TPSA) is 81.8 Å². The molecule has 4 rings (SSSR count). The molecule has 0 radical (unpaired) electrons. The summed E-state index contributed by atoms with van der Waals surface area (Å²) in [5.41, 5.74) is 2.65. The van der Waals surface area contributed by atoms with Crippen molar-refractivity contribution in [1.29, 1.82) is 0 Å². The fourth-order valence-corrected chi connectivity index (χ4v) is 5.11. The van der Waals surface area contributed by atoms with Crippen LogP contribution in [0, 0.1) is 5.92 Å². The molecule has 3 amide bonds. The molecule has 7 heteroatoms. The van der Waals surface area contributed by atoms with E-state index in [4.69, 9.17) is 0 Å². The van der Waals surface area contributed by atoms with Gasteiger partial charge >= 0.3 is 0 Å². The van der Waals surface area contributed by atoms with E-state index in [9.17, 15) is 14.4 Å². The highest BCUT2D eigenvalue weighted by Gasteiger charge is 2.46. The van der Waals surface area contributed by atoms with E-state index >= 15 is 0 Å². The summed E-state index contributed by atoms with van der Waals surface area (Å²) in [6.45, 7) is 5.76. The lowest BCUT2D eigenvalue weighted by Gasteiger charge is -2.38. The monoisotopic (exact) mass is 434 g/mol. The highest BCUT2D eigenvalue weighted by atomic mass is 16.2. The summed E-state index contributed by atoms with van der Waals surface area (Å²) in [6, 6.07) is 17.7. The quantitative estimate of drug-likeness (QED) is 0.758. The number of fused-ring (bicyclic) bond motifs is 1. The predicted molar refractivity (Wildman–Crippen MR) is 124 cm³/mol. The number of hydrogen-bond donors (Lipinski definition) is 2. The van der Waals surface area contributed by atoms with Crippen molar-refractivity contribution in [2.45, 2.75) is 32.2 Å². The second-order valence-corrected chi connectivity index (χ2v) is 8.75. The van der Waals surface area contributed by atoms with Crippen molar-refractivity contribution in [3.8, 4) is 0 Å². The van der Waals surface area contributed by atoms with Crippen LogP contribution in [0.1, 0.15) is 31.7 Å². The summed E-state index contributed by atoms with van der Waals surface area (Å²) in [5, 5.41) is 5.66. The number of piperidine rings is 1. The predicted octanol–water partition coefficient (Wildman–Crippen LogP) is 2.92. The first-order valence-electron chi connectivity index (χ1n) is 11.1. The van der Waals surface area contributed by atoms with Crippen LogP contribution in [0.25, 0.3) is 0 Å². The molecule has 168 valence electrons. The number of likely N-dealkylation sites (tertiary alicyclic amines) is 2. The average Bonchev–Trinajstić information content (AvgIpc) is 3.14. The first-order chi connectivity index (χ1) is 15.4. The fraction of sp³-hybridized carbons (Fsp3) is 0.400. The van der Waals surface area contributed by atoms with Gasteiger partial charge in [0.25, 0.3) is 0 Å². The zero-order valence-corrected chi connectivity index (χ0v) is 18.6. The minimum absolute atomic E-state index is 0.0617. The minimum Gasteiger partial charge on any atom is -0.339 e. The molecule has 2 saturated heterocycles. The molecule has 0 aromatic heterocycles. The smallest absolute Gasteiger partial charge is 0.238 e. The maximum absolute atomic E-state index is 12.7. The largest absolute Gasteiger partial charge is 0.339 e. The Bertz CT molecular complexity index is 976. The average molecular weight is 435 g/mol. The zero-order chi connectivity index (χ0) is 22.7. The second-order valence-electron chi connectivity index (χ2n) is 8.75. The van der Waals surface area contributed by atoms with Crippen molar-refractivity contribution >= 4 is 29.1 Å². The van der Waals surface area contributed by atoms with Crippen LogP contribution in [-0.2, 0) is 14.4 Å². The molecule has 3 atom stereocenters. The molecule has 2 aliphatic rings. The van der Waals surface area contributed by atoms with Gasteiger partial charge in [0.2, 0.25) is 17.7 Å². The molecule has 0 saturated carbocycles. The van der Waals surface area contributed by atoms with Gasteiger partial charge in [-0.05, 0) is 36.2 Å². The number of nitrogens with zero attached hydrogens (tertiary/aromatic N) is 2. The van der Waals surface area contributed by atoms with Gasteiger partial charge in [-0.25, -0.2) is 0 Å². The Balaban J connectivity index is 1.39. The lowest BCUT2D eigenvalue weighted by molar-refractivity contribution is -0.131. The molecule has 0 spiro atoms. The molecule has 0 bridgehead atoms. The number of hydrogen-bond acceptors (Lipinski definition) is 4. The van der Waals surface area contributed by atoms with Crippen LogP contribution in [0.4, 0.5) is 11.4 Å². The number of amides is 3. The normalized spacial score (nSPS) is 22.8. The number of benzene rings is 2. The second kappa shape index (κ2) is 9.53. The highest BCUT2D eigenvalue weighted by molar-refractivity contribution is 5.93. The Morgan fingerprint density at radius 3 is 2.19 bits per heavy atom.